The monoisotopic (exact) mass is 447 g/mol. The van der Waals surface area contributed by atoms with Crippen LogP contribution in [0.2, 0.25) is 0 Å². The number of nitrogens with one attached hydrogen (secondary N) is 2. The fraction of sp³-hybridized carbons (Fsp3) is 0.611. The molecule has 1 saturated carbocycles. The Bertz CT molecular complexity index is 493. The zero-order valence-electron chi connectivity index (χ0n) is 14.7. The Morgan fingerprint density at radius 1 is 1.25 bits per heavy atom. The standard InChI is InChI=1S/C18H29N3O2.HI/c1-3-23-17-8-5-4-7-16(17)13-21-18(19-2)20-11-6-12-22-14-15-9-10-15;/h4-5,7-8,15H,3,6,9-14H2,1-2H3,(H2,19,20,21);1H. The molecule has 1 fully saturated rings. The molecule has 1 aromatic rings. The summed E-state index contributed by atoms with van der Waals surface area (Å²) in [6.07, 6.45) is 3.68. The van der Waals surface area contributed by atoms with Crippen LogP contribution in [-0.4, -0.2) is 39.4 Å². The number of benzene rings is 1. The summed E-state index contributed by atoms with van der Waals surface area (Å²) < 4.78 is 11.3. The molecule has 0 heterocycles. The fourth-order valence-corrected chi connectivity index (χ4v) is 2.26. The van der Waals surface area contributed by atoms with Gasteiger partial charge in [0.05, 0.1) is 6.61 Å². The fourth-order valence-electron chi connectivity index (χ4n) is 2.26. The van der Waals surface area contributed by atoms with E-state index in [0.717, 1.165) is 49.4 Å². The highest BCUT2D eigenvalue weighted by atomic mass is 127. The molecule has 24 heavy (non-hydrogen) atoms. The molecule has 2 N–H and O–H groups in total. The number of hydrogen-bond donors (Lipinski definition) is 2. The number of halogens is 1. The maximum Gasteiger partial charge on any atom is 0.191 e. The van der Waals surface area contributed by atoms with Crippen molar-refractivity contribution in [3.8, 4) is 5.75 Å². The summed E-state index contributed by atoms with van der Waals surface area (Å²) in [5.74, 6) is 2.56. The molecule has 0 atom stereocenters. The van der Waals surface area contributed by atoms with Gasteiger partial charge in [-0.3, -0.25) is 4.99 Å². The molecular formula is C18H30IN3O2. The molecule has 0 spiro atoms. The second-order valence-corrected chi connectivity index (χ2v) is 5.77. The molecule has 5 nitrogen and oxygen atoms in total. The van der Waals surface area contributed by atoms with E-state index < -0.39 is 0 Å². The normalized spacial score (nSPS) is 14.0. The van der Waals surface area contributed by atoms with Crippen LogP contribution in [0.5, 0.6) is 5.75 Å². The van der Waals surface area contributed by atoms with E-state index in [1.807, 2.05) is 25.1 Å². The lowest BCUT2D eigenvalue weighted by Crippen LogP contribution is -2.37. The molecule has 0 amide bonds. The predicted molar refractivity (Wildman–Crippen MR) is 109 cm³/mol. The van der Waals surface area contributed by atoms with E-state index in [9.17, 15) is 0 Å². The van der Waals surface area contributed by atoms with Crippen molar-refractivity contribution in [2.45, 2.75) is 32.7 Å². The van der Waals surface area contributed by atoms with Crippen molar-refractivity contribution in [1.82, 2.24) is 10.6 Å². The van der Waals surface area contributed by atoms with Gasteiger partial charge in [0.15, 0.2) is 5.96 Å². The van der Waals surface area contributed by atoms with Crippen LogP contribution >= 0.6 is 24.0 Å². The van der Waals surface area contributed by atoms with Crippen LogP contribution in [0.25, 0.3) is 0 Å². The number of ether oxygens (including phenoxy) is 2. The predicted octanol–water partition coefficient (Wildman–Crippen LogP) is 3.19. The van der Waals surface area contributed by atoms with E-state index in [0.29, 0.717) is 13.2 Å². The molecule has 0 unspecified atom stereocenters. The van der Waals surface area contributed by atoms with Gasteiger partial charge in [0.2, 0.25) is 0 Å². The molecule has 0 aliphatic heterocycles. The summed E-state index contributed by atoms with van der Waals surface area (Å²) in [6, 6.07) is 8.07. The largest absolute Gasteiger partial charge is 0.494 e. The van der Waals surface area contributed by atoms with Crippen molar-refractivity contribution in [3.05, 3.63) is 29.8 Å². The summed E-state index contributed by atoms with van der Waals surface area (Å²) in [6.45, 7) is 5.96. The lowest BCUT2D eigenvalue weighted by Gasteiger charge is -2.14. The van der Waals surface area contributed by atoms with Crippen LogP contribution in [0.15, 0.2) is 29.3 Å². The lowest BCUT2D eigenvalue weighted by molar-refractivity contribution is 0.123. The van der Waals surface area contributed by atoms with E-state index in [1.165, 1.54) is 12.8 Å². The molecule has 0 radical (unpaired) electrons. The Kier molecular flexibility index (Phi) is 10.8. The lowest BCUT2D eigenvalue weighted by atomic mass is 10.2. The summed E-state index contributed by atoms with van der Waals surface area (Å²) in [5.41, 5.74) is 1.13. The van der Waals surface area contributed by atoms with Crippen LogP contribution < -0.4 is 15.4 Å². The second kappa shape index (κ2) is 12.4. The topological polar surface area (TPSA) is 54.9 Å². The minimum atomic E-state index is 0. The quantitative estimate of drug-likeness (QED) is 0.251. The zero-order valence-corrected chi connectivity index (χ0v) is 17.0. The molecule has 136 valence electrons. The first-order valence-electron chi connectivity index (χ1n) is 8.56. The van der Waals surface area contributed by atoms with Gasteiger partial charge in [-0.05, 0) is 38.2 Å². The minimum absolute atomic E-state index is 0. The molecule has 6 heteroatoms. The van der Waals surface area contributed by atoms with Crippen molar-refractivity contribution in [2.75, 3.05) is 33.4 Å². The van der Waals surface area contributed by atoms with Gasteiger partial charge in [-0.2, -0.15) is 0 Å². The maximum atomic E-state index is 5.64. The maximum absolute atomic E-state index is 5.64. The molecule has 0 saturated heterocycles. The van der Waals surface area contributed by atoms with Gasteiger partial charge in [0.1, 0.15) is 5.75 Å². The van der Waals surface area contributed by atoms with Gasteiger partial charge in [-0.25, -0.2) is 0 Å². The highest BCUT2D eigenvalue weighted by Crippen LogP contribution is 2.28. The SMILES string of the molecule is CCOc1ccccc1CNC(=NC)NCCCOCC1CC1.I. The van der Waals surface area contributed by atoms with Gasteiger partial charge in [-0.1, -0.05) is 18.2 Å². The minimum Gasteiger partial charge on any atom is -0.494 e. The number of nitrogens with zero attached hydrogens (tertiary/aromatic N) is 1. The van der Waals surface area contributed by atoms with E-state index >= 15 is 0 Å². The first-order valence-corrected chi connectivity index (χ1v) is 8.56. The summed E-state index contributed by atoms with van der Waals surface area (Å²) in [7, 11) is 1.79. The number of hydrogen-bond acceptors (Lipinski definition) is 3. The smallest absolute Gasteiger partial charge is 0.191 e. The molecule has 1 aromatic carbocycles. The van der Waals surface area contributed by atoms with E-state index in [1.54, 1.807) is 7.05 Å². The van der Waals surface area contributed by atoms with Crippen LogP contribution in [0.3, 0.4) is 0 Å². The van der Waals surface area contributed by atoms with Crippen LogP contribution in [0, 0.1) is 5.92 Å². The molecule has 1 aliphatic rings. The third-order valence-corrected chi connectivity index (χ3v) is 3.75. The third kappa shape index (κ3) is 8.19. The van der Waals surface area contributed by atoms with Gasteiger partial charge in [0.25, 0.3) is 0 Å². The molecular weight excluding hydrogens is 417 g/mol. The highest BCUT2D eigenvalue weighted by molar-refractivity contribution is 14.0. The number of aliphatic imine (C=N–C) groups is 1. The van der Waals surface area contributed by atoms with Crippen LogP contribution in [0.4, 0.5) is 0 Å². The summed E-state index contributed by atoms with van der Waals surface area (Å²) >= 11 is 0. The van der Waals surface area contributed by atoms with Crippen molar-refractivity contribution in [2.24, 2.45) is 10.9 Å². The third-order valence-electron chi connectivity index (χ3n) is 3.75. The van der Waals surface area contributed by atoms with Crippen LogP contribution in [0.1, 0.15) is 31.7 Å². The average Bonchev–Trinajstić information content (AvgIpc) is 3.39. The van der Waals surface area contributed by atoms with E-state index in [-0.39, 0.29) is 24.0 Å². The molecule has 0 aromatic heterocycles. The Morgan fingerprint density at radius 2 is 2.04 bits per heavy atom. The molecule has 2 rings (SSSR count). The Balaban J connectivity index is 0.00000288. The Morgan fingerprint density at radius 3 is 2.75 bits per heavy atom. The number of rotatable bonds is 10. The Labute approximate surface area is 162 Å². The first-order chi connectivity index (χ1) is 11.3. The van der Waals surface area contributed by atoms with Crippen molar-refractivity contribution >= 4 is 29.9 Å². The van der Waals surface area contributed by atoms with Gasteiger partial charge < -0.3 is 20.1 Å². The second-order valence-electron chi connectivity index (χ2n) is 5.77. The van der Waals surface area contributed by atoms with E-state index in [4.69, 9.17) is 9.47 Å². The van der Waals surface area contributed by atoms with Gasteiger partial charge >= 0.3 is 0 Å². The Hall–Kier alpha value is -1.02. The van der Waals surface area contributed by atoms with E-state index in [2.05, 4.69) is 21.7 Å². The van der Waals surface area contributed by atoms with Gasteiger partial charge in [0, 0.05) is 38.9 Å². The summed E-state index contributed by atoms with van der Waals surface area (Å²) in [4.78, 5) is 4.25. The summed E-state index contributed by atoms with van der Waals surface area (Å²) in [5, 5.41) is 6.63. The average molecular weight is 447 g/mol. The van der Waals surface area contributed by atoms with Crippen molar-refractivity contribution in [3.63, 3.8) is 0 Å². The van der Waals surface area contributed by atoms with Crippen molar-refractivity contribution < 1.29 is 9.47 Å². The zero-order chi connectivity index (χ0) is 16.3. The van der Waals surface area contributed by atoms with Crippen molar-refractivity contribution in [1.29, 1.82) is 0 Å². The highest BCUT2D eigenvalue weighted by Gasteiger charge is 2.20. The number of para-hydroxylation sites is 1. The first kappa shape index (κ1) is 21.0. The molecule has 0 bridgehead atoms. The molecule has 1 aliphatic carbocycles. The number of guanidine groups is 1. The van der Waals surface area contributed by atoms with Crippen LogP contribution in [-0.2, 0) is 11.3 Å². The van der Waals surface area contributed by atoms with Gasteiger partial charge in [-0.15, -0.1) is 24.0 Å².